The van der Waals surface area contributed by atoms with Crippen LogP contribution in [-0.2, 0) is 9.53 Å². The largest absolute Gasteiger partial charge is 0.381 e. The molecule has 6 nitrogen and oxygen atoms in total. The molecular formula is C17H33IN4O2. The second-order valence-corrected chi connectivity index (χ2v) is 7.51. The van der Waals surface area contributed by atoms with Gasteiger partial charge in [0.05, 0.1) is 12.1 Å². The summed E-state index contributed by atoms with van der Waals surface area (Å²) in [6, 6.07) is 0.219. The second kappa shape index (κ2) is 9.22. The Hall–Kier alpha value is -0.570. The Labute approximate surface area is 163 Å². The van der Waals surface area contributed by atoms with E-state index in [1.165, 1.54) is 0 Å². The zero-order valence-corrected chi connectivity index (χ0v) is 18.0. The van der Waals surface area contributed by atoms with Gasteiger partial charge in [-0.05, 0) is 46.5 Å². The highest BCUT2D eigenvalue weighted by atomic mass is 127. The van der Waals surface area contributed by atoms with Crippen molar-refractivity contribution >= 4 is 35.8 Å². The highest BCUT2D eigenvalue weighted by Gasteiger charge is 2.40. The van der Waals surface area contributed by atoms with Crippen molar-refractivity contribution in [3.63, 3.8) is 0 Å². The van der Waals surface area contributed by atoms with Gasteiger partial charge in [0, 0.05) is 39.4 Å². The van der Waals surface area contributed by atoms with E-state index in [0.29, 0.717) is 12.5 Å². The van der Waals surface area contributed by atoms with E-state index in [0.717, 1.165) is 45.1 Å². The summed E-state index contributed by atoms with van der Waals surface area (Å²) < 4.78 is 5.41. The molecule has 7 heteroatoms. The van der Waals surface area contributed by atoms with E-state index in [2.05, 4.69) is 42.9 Å². The predicted molar refractivity (Wildman–Crippen MR) is 108 cm³/mol. The molecule has 0 saturated carbocycles. The molecule has 0 aromatic heterocycles. The first-order valence-corrected chi connectivity index (χ1v) is 8.70. The molecule has 0 radical (unpaired) electrons. The molecular weight excluding hydrogens is 419 g/mol. The maximum Gasteiger partial charge on any atom is 0.242 e. The van der Waals surface area contributed by atoms with Crippen LogP contribution in [-0.4, -0.2) is 73.1 Å². The molecule has 0 aromatic carbocycles. The number of carbonyl (C=O) groups is 1. The third-order valence-electron chi connectivity index (χ3n) is 4.74. The molecule has 2 rings (SSSR count). The number of halogens is 1. The van der Waals surface area contributed by atoms with Gasteiger partial charge in [-0.2, -0.15) is 0 Å². The van der Waals surface area contributed by atoms with Crippen LogP contribution in [0.4, 0.5) is 0 Å². The Morgan fingerprint density at radius 3 is 2.50 bits per heavy atom. The summed E-state index contributed by atoms with van der Waals surface area (Å²) in [4.78, 5) is 21.0. The SMILES string of the molecule is CN=C(NCC1CCOCC1)N1CC(=O)N(C(C)C)C(C)(C)C1.I. The van der Waals surface area contributed by atoms with Crippen LogP contribution in [0.15, 0.2) is 4.99 Å². The normalized spacial score (nSPS) is 22.6. The zero-order valence-electron chi connectivity index (χ0n) is 15.7. The average molecular weight is 452 g/mol. The molecule has 0 spiro atoms. The Morgan fingerprint density at radius 1 is 1.38 bits per heavy atom. The van der Waals surface area contributed by atoms with E-state index in [1.54, 1.807) is 7.05 Å². The molecule has 140 valence electrons. The number of hydrogen-bond acceptors (Lipinski definition) is 3. The first kappa shape index (κ1) is 21.5. The lowest BCUT2D eigenvalue weighted by atomic mass is 9.96. The number of rotatable bonds is 3. The first-order chi connectivity index (χ1) is 10.8. The van der Waals surface area contributed by atoms with E-state index >= 15 is 0 Å². The monoisotopic (exact) mass is 452 g/mol. The molecule has 0 aliphatic carbocycles. The van der Waals surface area contributed by atoms with E-state index in [4.69, 9.17) is 4.74 Å². The molecule has 2 aliphatic heterocycles. The molecule has 0 aromatic rings. The number of nitrogens with zero attached hydrogens (tertiary/aromatic N) is 3. The van der Waals surface area contributed by atoms with Crippen molar-refractivity contribution < 1.29 is 9.53 Å². The van der Waals surface area contributed by atoms with Crippen molar-refractivity contribution in [3.05, 3.63) is 0 Å². The van der Waals surface area contributed by atoms with E-state index in [9.17, 15) is 4.79 Å². The quantitative estimate of drug-likeness (QED) is 0.404. The summed E-state index contributed by atoms with van der Waals surface area (Å²) in [7, 11) is 1.79. The number of hydrogen-bond donors (Lipinski definition) is 1. The molecule has 0 atom stereocenters. The number of amides is 1. The number of ether oxygens (including phenoxy) is 1. The molecule has 1 amide bonds. The third kappa shape index (κ3) is 5.21. The average Bonchev–Trinajstić information content (AvgIpc) is 2.46. The van der Waals surface area contributed by atoms with Gasteiger partial charge >= 0.3 is 0 Å². The molecule has 2 fully saturated rings. The summed E-state index contributed by atoms with van der Waals surface area (Å²) >= 11 is 0. The van der Waals surface area contributed by atoms with Crippen LogP contribution in [0, 0.1) is 5.92 Å². The van der Waals surface area contributed by atoms with Crippen molar-refractivity contribution in [2.24, 2.45) is 10.9 Å². The summed E-state index contributed by atoms with van der Waals surface area (Å²) in [6.07, 6.45) is 2.19. The third-order valence-corrected chi connectivity index (χ3v) is 4.74. The van der Waals surface area contributed by atoms with Crippen molar-refractivity contribution in [3.8, 4) is 0 Å². The molecule has 0 unspecified atom stereocenters. The van der Waals surface area contributed by atoms with Crippen LogP contribution in [0.2, 0.25) is 0 Å². The summed E-state index contributed by atoms with van der Waals surface area (Å²) in [5, 5.41) is 3.46. The van der Waals surface area contributed by atoms with Crippen LogP contribution < -0.4 is 5.32 Å². The maximum atomic E-state index is 12.6. The number of guanidine groups is 1. The minimum absolute atomic E-state index is 0. The Morgan fingerprint density at radius 2 is 2.00 bits per heavy atom. The van der Waals surface area contributed by atoms with Gasteiger partial charge in [0.2, 0.25) is 5.91 Å². The van der Waals surface area contributed by atoms with Gasteiger partial charge in [-0.15, -0.1) is 24.0 Å². The summed E-state index contributed by atoms with van der Waals surface area (Å²) in [6.45, 7) is 12.2. The van der Waals surface area contributed by atoms with Crippen molar-refractivity contribution in [2.75, 3.05) is 39.9 Å². The summed E-state index contributed by atoms with van der Waals surface area (Å²) in [5.74, 6) is 1.63. The van der Waals surface area contributed by atoms with Gasteiger partial charge in [0.25, 0.3) is 0 Å². The van der Waals surface area contributed by atoms with Crippen LogP contribution in [0.3, 0.4) is 0 Å². The highest BCUT2D eigenvalue weighted by molar-refractivity contribution is 14.0. The predicted octanol–water partition coefficient (Wildman–Crippen LogP) is 1.94. The Bertz CT molecular complexity index is 448. The highest BCUT2D eigenvalue weighted by Crippen LogP contribution is 2.24. The molecule has 1 N–H and O–H groups in total. The number of aliphatic imine (C=N–C) groups is 1. The van der Waals surface area contributed by atoms with Gasteiger partial charge in [-0.25, -0.2) is 0 Å². The maximum absolute atomic E-state index is 12.6. The molecule has 2 saturated heterocycles. The van der Waals surface area contributed by atoms with Gasteiger partial charge in [0.15, 0.2) is 5.96 Å². The lowest BCUT2D eigenvalue weighted by molar-refractivity contribution is -0.145. The number of piperazine rings is 1. The topological polar surface area (TPSA) is 57.2 Å². The zero-order chi connectivity index (χ0) is 17.0. The van der Waals surface area contributed by atoms with Crippen LogP contribution in [0.5, 0.6) is 0 Å². The van der Waals surface area contributed by atoms with E-state index < -0.39 is 0 Å². The van der Waals surface area contributed by atoms with Crippen molar-refractivity contribution in [1.29, 1.82) is 0 Å². The molecule has 24 heavy (non-hydrogen) atoms. The van der Waals surface area contributed by atoms with E-state index in [1.807, 2.05) is 4.90 Å². The second-order valence-electron chi connectivity index (χ2n) is 7.51. The van der Waals surface area contributed by atoms with Crippen LogP contribution >= 0.6 is 24.0 Å². The van der Waals surface area contributed by atoms with E-state index in [-0.39, 0.29) is 41.5 Å². The van der Waals surface area contributed by atoms with Gasteiger partial charge in [-0.1, -0.05) is 0 Å². The first-order valence-electron chi connectivity index (χ1n) is 8.70. The van der Waals surface area contributed by atoms with Gasteiger partial charge in [0.1, 0.15) is 0 Å². The lowest BCUT2D eigenvalue weighted by Crippen LogP contribution is -2.66. The number of nitrogens with one attached hydrogen (secondary N) is 1. The van der Waals surface area contributed by atoms with Crippen LogP contribution in [0.25, 0.3) is 0 Å². The van der Waals surface area contributed by atoms with Crippen LogP contribution in [0.1, 0.15) is 40.5 Å². The lowest BCUT2D eigenvalue weighted by Gasteiger charge is -2.49. The molecule has 2 aliphatic rings. The smallest absolute Gasteiger partial charge is 0.242 e. The Kier molecular flexibility index (Phi) is 8.25. The van der Waals surface area contributed by atoms with Crippen molar-refractivity contribution in [1.82, 2.24) is 15.1 Å². The fourth-order valence-electron chi connectivity index (χ4n) is 3.83. The fraction of sp³-hybridized carbons (Fsp3) is 0.882. The van der Waals surface area contributed by atoms with Gasteiger partial charge in [-0.3, -0.25) is 9.79 Å². The summed E-state index contributed by atoms with van der Waals surface area (Å²) in [5.41, 5.74) is -0.195. The molecule has 2 heterocycles. The minimum Gasteiger partial charge on any atom is -0.381 e. The number of carbonyl (C=O) groups excluding carboxylic acids is 1. The van der Waals surface area contributed by atoms with Gasteiger partial charge < -0.3 is 19.9 Å². The Balaban J connectivity index is 0.00000288. The molecule has 0 bridgehead atoms. The fourth-order valence-corrected chi connectivity index (χ4v) is 3.83. The standard InChI is InChI=1S/C17H32N4O2.HI/c1-13(2)21-15(22)11-20(12-17(21,3)4)16(18-5)19-10-14-6-8-23-9-7-14;/h13-14H,6-12H2,1-5H3,(H,18,19);1H. The minimum atomic E-state index is -0.195. The van der Waals surface area contributed by atoms with Crippen molar-refractivity contribution in [2.45, 2.75) is 52.1 Å².